The molecule has 9 heteroatoms. The van der Waals surface area contributed by atoms with Gasteiger partial charge in [-0.05, 0) is 43.2 Å². The number of hydrogen-bond acceptors (Lipinski definition) is 4. The molecule has 0 radical (unpaired) electrons. The van der Waals surface area contributed by atoms with Gasteiger partial charge in [0.05, 0.1) is 29.4 Å². The van der Waals surface area contributed by atoms with Crippen molar-refractivity contribution < 1.29 is 18.0 Å². The predicted octanol–water partition coefficient (Wildman–Crippen LogP) is 3.63. The van der Waals surface area contributed by atoms with Crippen LogP contribution in [0.5, 0.6) is 0 Å². The predicted molar refractivity (Wildman–Crippen MR) is 107 cm³/mol. The largest absolute Gasteiger partial charge is 0.417 e. The Bertz CT molecular complexity index is 1150. The third kappa shape index (κ3) is 4.35. The molecule has 0 saturated carbocycles. The second-order valence-electron chi connectivity index (χ2n) is 7.32. The number of nitrogens with zero attached hydrogens (tertiary/aromatic N) is 4. The highest BCUT2D eigenvalue weighted by molar-refractivity contribution is 5.96. The van der Waals surface area contributed by atoms with Gasteiger partial charge in [-0.3, -0.25) is 14.6 Å². The molecular weight excluding hydrogens is 409 g/mol. The molecule has 1 aliphatic heterocycles. The van der Waals surface area contributed by atoms with E-state index in [-0.39, 0.29) is 17.7 Å². The molecule has 160 valence electrons. The normalized spacial score (nSPS) is 16.5. The number of pyridine rings is 1. The van der Waals surface area contributed by atoms with Crippen molar-refractivity contribution in [1.29, 1.82) is 0 Å². The number of benzene rings is 1. The summed E-state index contributed by atoms with van der Waals surface area (Å²) in [5, 5.41) is 4.38. The van der Waals surface area contributed by atoms with Crippen LogP contribution in [0.3, 0.4) is 0 Å². The van der Waals surface area contributed by atoms with Crippen LogP contribution in [0.1, 0.15) is 28.8 Å². The number of halogens is 3. The number of amides is 1. The van der Waals surface area contributed by atoms with Crippen molar-refractivity contribution >= 4 is 5.91 Å². The molecule has 0 spiro atoms. The maximum atomic E-state index is 13.4. The molecule has 1 aliphatic rings. The first kappa shape index (κ1) is 20.8. The summed E-state index contributed by atoms with van der Waals surface area (Å²) in [6, 6.07) is 10.9. The van der Waals surface area contributed by atoms with Crippen molar-refractivity contribution in [3.63, 3.8) is 0 Å². The molecule has 1 saturated heterocycles. The summed E-state index contributed by atoms with van der Waals surface area (Å²) in [5.41, 5.74) is -0.408. The fourth-order valence-corrected chi connectivity index (χ4v) is 3.81. The molecular formula is C22H19F3N4O2. The molecule has 1 fully saturated rings. The summed E-state index contributed by atoms with van der Waals surface area (Å²) in [7, 11) is 0. The summed E-state index contributed by atoms with van der Waals surface area (Å²) in [5.74, 6) is -0.688. The molecule has 6 nitrogen and oxygen atoms in total. The lowest BCUT2D eigenvalue weighted by molar-refractivity contribution is -0.138. The van der Waals surface area contributed by atoms with Gasteiger partial charge in [0.1, 0.15) is 0 Å². The molecule has 2 aromatic heterocycles. The summed E-state index contributed by atoms with van der Waals surface area (Å²) < 4.78 is 41.4. The summed E-state index contributed by atoms with van der Waals surface area (Å²) >= 11 is 0. The lowest BCUT2D eigenvalue weighted by Crippen LogP contribution is -2.41. The van der Waals surface area contributed by atoms with Crippen molar-refractivity contribution in [2.45, 2.75) is 31.6 Å². The Balaban J connectivity index is 1.61. The molecule has 1 aromatic carbocycles. The smallest absolute Gasteiger partial charge is 0.334 e. The minimum atomic E-state index is -4.63. The third-order valence-corrected chi connectivity index (χ3v) is 5.31. The van der Waals surface area contributed by atoms with Crippen LogP contribution in [0.2, 0.25) is 0 Å². The summed E-state index contributed by atoms with van der Waals surface area (Å²) in [4.78, 5) is 30.8. The minimum absolute atomic E-state index is 0.104. The average Bonchev–Trinajstić information content (AvgIpc) is 3.23. The number of alkyl halides is 3. The molecule has 31 heavy (non-hydrogen) atoms. The van der Waals surface area contributed by atoms with E-state index in [0.29, 0.717) is 25.1 Å². The molecule has 0 N–H and O–H groups in total. The third-order valence-electron chi connectivity index (χ3n) is 5.31. The number of carbonyl (C=O) groups excluding carboxylic acids is 1. The van der Waals surface area contributed by atoms with E-state index in [1.165, 1.54) is 33.8 Å². The first-order chi connectivity index (χ1) is 14.8. The molecule has 0 aliphatic carbocycles. The molecule has 4 rings (SSSR count). The Hall–Kier alpha value is -3.49. The van der Waals surface area contributed by atoms with Gasteiger partial charge >= 0.3 is 6.18 Å². The number of rotatable bonds is 4. The molecule has 0 bridgehead atoms. The SMILES string of the molecule is O=C(c1ccccc1C(F)(F)F)N1CCCC1Cn1nc(-c2cccnc2)ccc1=O. The maximum Gasteiger partial charge on any atom is 0.417 e. The van der Waals surface area contributed by atoms with E-state index in [4.69, 9.17) is 0 Å². The van der Waals surface area contributed by atoms with Gasteiger partial charge in [0.25, 0.3) is 11.5 Å². The molecule has 1 atom stereocenters. The van der Waals surface area contributed by atoms with Crippen molar-refractivity contribution in [2.24, 2.45) is 0 Å². The van der Waals surface area contributed by atoms with Crippen LogP contribution in [0.25, 0.3) is 11.3 Å². The van der Waals surface area contributed by atoms with Gasteiger partial charge < -0.3 is 4.90 Å². The van der Waals surface area contributed by atoms with Gasteiger partial charge in [-0.25, -0.2) is 4.68 Å². The van der Waals surface area contributed by atoms with Crippen molar-refractivity contribution in [3.8, 4) is 11.3 Å². The van der Waals surface area contributed by atoms with Crippen molar-refractivity contribution in [2.75, 3.05) is 6.54 Å². The number of hydrogen-bond donors (Lipinski definition) is 0. The Morgan fingerprint density at radius 1 is 1.10 bits per heavy atom. The fourth-order valence-electron chi connectivity index (χ4n) is 3.81. The molecule has 3 heterocycles. The first-order valence-corrected chi connectivity index (χ1v) is 9.80. The zero-order valence-corrected chi connectivity index (χ0v) is 16.4. The van der Waals surface area contributed by atoms with E-state index >= 15 is 0 Å². The minimum Gasteiger partial charge on any atom is -0.334 e. The second kappa shape index (κ2) is 8.33. The van der Waals surface area contributed by atoms with Gasteiger partial charge in [-0.1, -0.05) is 12.1 Å². The first-order valence-electron chi connectivity index (χ1n) is 9.80. The van der Waals surface area contributed by atoms with Gasteiger partial charge in [-0.15, -0.1) is 0 Å². The van der Waals surface area contributed by atoms with E-state index in [2.05, 4.69) is 10.1 Å². The average molecular weight is 428 g/mol. The molecule has 1 amide bonds. The Kier molecular flexibility index (Phi) is 5.58. The number of aromatic nitrogens is 3. The monoisotopic (exact) mass is 428 g/mol. The Labute approximate surface area is 176 Å². The van der Waals surface area contributed by atoms with Gasteiger partial charge in [0, 0.05) is 30.6 Å². The highest BCUT2D eigenvalue weighted by atomic mass is 19.4. The van der Waals surface area contributed by atoms with E-state index < -0.39 is 23.7 Å². The van der Waals surface area contributed by atoms with Crippen LogP contribution in [0, 0.1) is 0 Å². The highest BCUT2D eigenvalue weighted by Crippen LogP contribution is 2.33. The number of likely N-dealkylation sites (tertiary alicyclic amines) is 1. The molecule has 3 aromatic rings. The van der Waals surface area contributed by atoms with Gasteiger partial charge in [0.15, 0.2) is 0 Å². The van der Waals surface area contributed by atoms with Crippen LogP contribution in [-0.4, -0.2) is 38.2 Å². The van der Waals surface area contributed by atoms with Gasteiger partial charge in [0.2, 0.25) is 0 Å². The zero-order chi connectivity index (χ0) is 22.0. The summed E-state index contributed by atoms with van der Waals surface area (Å²) in [6.45, 7) is 0.430. The number of carbonyl (C=O) groups is 1. The van der Waals surface area contributed by atoms with Crippen molar-refractivity contribution in [1.82, 2.24) is 19.7 Å². The van der Waals surface area contributed by atoms with E-state index in [9.17, 15) is 22.8 Å². The van der Waals surface area contributed by atoms with Gasteiger partial charge in [-0.2, -0.15) is 18.3 Å². The maximum absolute atomic E-state index is 13.4. The summed E-state index contributed by atoms with van der Waals surface area (Å²) in [6.07, 6.45) is -0.165. The topological polar surface area (TPSA) is 68.1 Å². The van der Waals surface area contributed by atoms with E-state index in [1.54, 1.807) is 24.5 Å². The highest BCUT2D eigenvalue weighted by Gasteiger charge is 2.38. The van der Waals surface area contributed by atoms with Crippen molar-refractivity contribution in [3.05, 3.63) is 82.4 Å². The zero-order valence-electron chi connectivity index (χ0n) is 16.4. The Morgan fingerprint density at radius 3 is 2.65 bits per heavy atom. The Morgan fingerprint density at radius 2 is 1.90 bits per heavy atom. The van der Waals surface area contributed by atoms with Crippen LogP contribution in [0.4, 0.5) is 13.2 Å². The van der Waals surface area contributed by atoms with E-state index in [0.717, 1.165) is 11.6 Å². The standard InChI is InChI=1S/C22H19F3N4O2/c23-22(24,25)18-8-2-1-7-17(18)21(31)28-12-4-6-16(28)14-29-20(30)10-9-19(27-29)15-5-3-11-26-13-15/h1-3,5,7-11,13,16H,4,6,12,14H2. The quantitative estimate of drug-likeness (QED) is 0.637. The van der Waals surface area contributed by atoms with Crippen LogP contribution in [0.15, 0.2) is 65.7 Å². The van der Waals surface area contributed by atoms with Crippen LogP contribution >= 0.6 is 0 Å². The molecule has 1 unspecified atom stereocenters. The second-order valence-corrected chi connectivity index (χ2v) is 7.32. The lowest BCUT2D eigenvalue weighted by Gasteiger charge is -2.26. The fraction of sp³-hybridized carbons (Fsp3) is 0.273. The van der Waals surface area contributed by atoms with Crippen LogP contribution in [-0.2, 0) is 12.7 Å². The van der Waals surface area contributed by atoms with Crippen LogP contribution < -0.4 is 5.56 Å². The lowest BCUT2D eigenvalue weighted by atomic mass is 10.1. The van der Waals surface area contributed by atoms with E-state index in [1.807, 2.05) is 6.07 Å².